The SMILES string of the molecule is CCNCCn1nnnc1SCC(O)COCCOC. The molecule has 1 unspecified atom stereocenters. The number of aliphatic hydroxyl groups is 1. The quantitative estimate of drug-likeness (QED) is 0.390. The average Bonchev–Trinajstić information content (AvgIpc) is 2.89. The number of rotatable bonds is 12. The molecule has 0 saturated carbocycles. The van der Waals surface area contributed by atoms with E-state index in [1.165, 1.54) is 11.8 Å². The van der Waals surface area contributed by atoms with E-state index in [4.69, 9.17) is 9.47 Å². The molecule has 2 N–H and O–H groups in total. The lowest BCUT2D eigenvalue weighted by molar-refractivity contribution is 0.0218. The Morgan fingerprint density at radius 1 is 1.45 bits per heavy atom. The fourth-order valence-corrected chi connectivity index (χ4v) is 2.19. The minimum atomic E-state index is -0.546. The van der Waals surface area contributed by atoms with Gasteiger partial charge >= 0.3 is 0 Å². The number of tetrazole rings is 1. The molecule has 9 heteroatoms. The molecule has 0 aliphatic rings. The lowest BCUT2D eigenvalue weighted by atomic mass is 10.4. The van der Waals surface area contributed by atoms with Crippen LogP contribution >= 0.6 is 11.8 Å². The Balaban J connectivity index is 2.21. The average molecular weight is 305 g/mol. The van der Waals surface area contributed by atoms with Gasteiger partial charge in [-0.3, -0.25) is 0 Å². The van der Waals surface area contributed by atoms with Gasteiger partial charge in [0.25, 0.3) is 0 Å². The minimum absolute atomic E-state index is 0.287. The van der Waals surface area contributed by atoms with Crippen molar-refractivity contribution < 1.29 is 14.6 Å². The van der Waals surface area contributed by atoms with Crippen LogP contribution < -0.4 is 5.32 Å². The number of hydrogen-bond donors (Lipinski definition) is 2. The molecule has 1 rings (SSSR count). The number of aromatic nitrogens is 4. The number of likely N-dealkylation sites (N-methyl/N-ethyl adjacent to an activating group) is 1. The van der Waals surface area contributed by atoms with E-state index >= 15 is 0 Å². The fraction of sp³-hybridized carbons (Fsp3) is 0.909. The summed E-state index contributed by atoms with van der Waals surface area (Å²) < 4.78 is 11.8. The van der Waals surface area contributed by atoms with Crippen molar-refractivity contribution in [1.29, 1.82) is 0 Å². The fourth-order valence-electron chi connectivity index (χ4n) is 1.38. The predicted molar refractivity (Wildman–Crippen MR) is 75.8 cm³/mol. The zero-order chi connectivity index (χ0) is 14.6. The Hall–Kier alpha value is -0.740. The summed E-state index contributed by atoms with van der Waals surface area (Å²) in [6, 6.07) is 0. The summed E-state index contributed by atoms with van der Waals surface area (Å²) in [5.74, 6) is 0.495. The highest BCUT2D eigenvalue weighted by Crippen LogP contribution is 2.14. The third-order valence-electron chi connectivity index (χ3n) is 2.40. The van der Waals surface area contributed by atoms with Gasteiger partial charge in [-0.05, 0) is 17.0 Å². The maximum atomic E-state index is 9.78. The number of methoxy groups -OCH3 is 1. The number of thioether (sulfide) groups is 1. The lowest BCUT2D eigenvalue weighted by Gasteiger charge is -2.10. The second-order valence-corrected chi connectivity index (χ2v) is 5.06. The van der Waals surface area contributed by atoms with Crippen molar-refractivity contribution in [2.24, 2.45) is 0 Å². The van der Waals surface area contributed by atoms with E-state index in [1.807, 2.05) is 0 Å². The van der Waals surface area contributed by atoms with Crippen LogP contribution in [0, 0.1) is 0 Å². The topological polar surface area (TPSA) is 94.3 Å². The van der Waals surface area contributed by atoms with Gasteiger partial charge in [-0.15, -0.1) is 5.10 Å². The van der Waals surface area contributed by atoms with Crippen LogP contribution in [-0.2, 0) is 16.0 Å². The van der Waals surface area contributed by atoms with Crippen molar-refractivity contribution in [3.63, 3.8) is 0 Å². The van der Waals surface area contributed by atoms with E-state index in [1.54, 1.807) is 11.8 Å². The van der Waals surface area contributed by atoms with Gasteiger partial charge < -0.3 is 19.9 Å². The summed E-state index contributed by atoms with van der Waals surface area (Å²) in [5, 5.41) is 25.2. The molecule has 1 aromatic heterocycles. The van der Waals surface area contributed by atoms with Crippen molar-refractivity contribution >= 4 is 11.8 Å². The van der Waals surface area contributed by atoms with Gasteiger partial charge in [0.2, 0.25) is 5.16 Å². The number of nitrogens with zero attached hydrogens (tertiary/aromatic N) is 4. The first-order valence-corrected chi connectivity index (χ1v) is 7.61. The van der Waals surface area contributed by atoms with E-state index in [0.717, 1.165) is 13.1 Å². The van der Waals surface area contributed by atoms with Gasteiger partial charge in [0, 0.05) is 19.4 Å². The Morgan fingerprint density at radius 2 is 2.30 bits per heavy atom. The predicted octanol–water partition coefficient (Wildman–Crippen LogP) is -0.601. The van der Waals surface area contributed by atoms with Crippen LogP contribution in [0.2, 0.25) is 0 Å². The molecule has 20 heavy (non-hydrogen) atoms. The second-order valence-electron chi connectivity index (χ2n) is 4.07. The van der Waals surface area contributed by atoms with Crippen molar-refractivity contribution in [3.8, 4) is 0 Å². The van der Waals surface area contributed by atoms with Crippen LogP contribution in [-0.4, -0.2) is 77.2 Å². The molecule has 1 atom stereocenters. The largest absolute Gasteiger partial charge is 0.390 e. The number of nitrogens with one attached hydrogen (secondary N) is 1. The van der Waals surface area contributed by atoms with Crippen LogP contribution in [0.15, 0.2) is 5.16 Å². The Labute approximate surface area is 123 Å². The monoisotopic (exact) mass is 305 g/mol. The Bertz CT molecular complexity index is 353. The van der Waals surface area contributed by atoms with Crippen LogP contribution in [0.3, 0.4) is 0 Å². The first-order chi connectivity index (χ1) is 9.77. The molecule has 0 aliphatic heterocycles. The van der Waals surface area contributed by atoms with E-state index in [-0.39, 0.29) is 6.61 Å². The van der Waals surface area contributed by atoms with E-state index in [9.17, 15) is 5.11 Å². The summed E-state index contributed by atoms with van der Waals surface area (Å²) >= 11 is 1.42. The Kier molecular flexibility index (Phi) is 9.50. The summed E-state index contributed by atoms with van der Waals surface area (Å²) in [7, 11) is 1.61. The molecular formula is C11H23N5O3S. The molecule has 8 nitrogen and oxygen atoms in total. The highest BCUT2D eigenvalue weighted by atomic mass is 32.2. The highest BCUT2D eigenvalue weighted by molar-refractivity contribution is 7.99. The van der Waals surface area contributed by atoms with Gasteiger partial charge in [0.05, 0.1) is 32.5 Å². The van der Waals surface area contributed by atoms with Gasteiger partial charge in [0.15, 0.2) is 0 Å². The summed E-state index contributed by atoms with van der Waals surface area (Å²) in [4.78, 5) is 0. The van der Waals surface area contributed by atoms with Crippen LogP contribution in [0.5, 0.6) is 0 Å². The van der Waals surface area contributed by atoms with Crippen LogP contribution in [0.25, 0.3) is 0 Å². The molecule has 0 spiro atoms. The Morgan fingerprint density at radius 3 is 3.05 bits per heavy atom. The maximum absolute atomic E-state index is 9.78. The van der Waals surface area contributed by atoms with Crippen molar-refractivity contribution in [1.82, 2.24) is 25.5 Å². The molecule has 0 amide bonds. The second kappa shape index (κ2) is 11.0. The van der Waals surface area contributed by atoms with Crippen LogP contribution in [0.4, 0.5) is 0 Å². The molecule has 0 bridgehead atoms. The number of ether oxygens (including phenoxy) is 2. The summed E-state index contributed by atoms with van der Waals surface area (Å²) in [6.07, 6.45) is -0.546. The molecule has 0 fully saturated rings. The number of hydrogen-bond acceptors (Lipinski definition) is 8. The van der Waals surface area contributed by atoms with E-state index < -0.39 is 6.10 Å². The highest BCUT2D eigenvalue weighted by Gasteiger charge is 2.10. The van der Waals surface area contributed by atoms with E-state index in [2.05, 4.69) is 27.8 Å². The molecule has 1 aromatic rings. The zero-order valence-electron chi connectivity index (χ0n) is 12.0. The summed E-state index contributed by atoms with van der Waals surface area (Å²) in [6.45, 7) is 5.80. The third kappa shape index (κ3) is 7.15. The molecular weight excluding hydrogens is 282 g/mol. The minimum Gasteiger partial charge on any atom is -0.390 e. The molecule has 0 radical (unpaired) electrons. The maximum Gasteiger partial charge on any atom is 0.209 e. The molecule has 0 aliphatic carbocycles. The molecule has 1 heterocycles. The zero-order valence-corrected chi connectivity index (χ0v) is 12.8. The third-order valence-corrected chi connectivity index (χ3v) is 3.50. The van der Waals surface area contributed by atoms with Crippen molar-refractivity contribution in [2.75, 3.05) is 45.8 Å². The lowest BCUT2D eigenvalue weighted by Crippen LogP contribution is -2.21. The first-order valence-electron chi connectivity index (χ1n) is 6.62. The van der Waals surface area contributed by atoms with Gasteiger partial charge in [-0.25, -0.2) is 4.68 Å². The van der Waals surface area contributed by atoms with Gasteiger partial charge in [0.1, 0.15) is 0 Å². The molecule has 116 valence electrons. The summed E-state index contributed by atoms with van der Waals surface area (Å²) in [5.41, 5.74) is 0. The van der Waals surface area contributed by atoms with Gasteiger partial charge in [-0.2, -0.15) is 0 Å². The molecule has 0 saturated heterocycles. The molecule has 0 aromatic carbocycles. The normalized spacial score (nSPS) is 12.8. The number of aliphatic hydroxyl groups excluding tert-OH is 1. The first kappa shape index (κ1) is 17.3. The van der Waals surface area contributed by atoms with Crippen LogP contribution in [0.1, 0.15) is 6.92 Å². The van der Waals surface area contributed by atoms with Crippen molar-refractivity contribution in [2.45, 2.75) is 24.7 Å². The smallest absolute Gasteiger partial charge is 0.209 e. The van der Waals surface area contributed by atoms with E-state index in [0.29, 0.717) is 30.7 Å². The standard InChI is InChI=1S/C11H23N5O3S/c1-3-12-4-5-16-11(13-14-15-16)20-9-10(17)8-19-7-6-18-2/h10,12,17H,3-9H2,1-2H3. The van der Waals surface area contributed by atoms with Crippen molar-refractivity contribution in [3.05, 3.63) is 0 Å². The van der Waals surface area contributed by atoms with Gasteiger partial charge in [-0.1, -0.05) is 18.7 Å².